The number of rotatable bonds is 0. The van der Waals surface area contributed by atoms with Gasteiger partial charge < -0.3 is 9.05 Å². The highest BCUT2D eigenvalue weighted by Crippen LogP contribution is 2.49. The van der Waals surface area contributed by atoms with E-state index in [0.29, 0.717) is 6.61 Å². The molecule has 0 N–H and O–H groups in total. The third-order valence-electron chi connectivity index (χ3n) is 1.48. The van der Waals surface area contributed by atoms with Gasteiger partial charge in [-0.3, -0.25) is 0 Å². The van der Waals surface area contributed by atoms with E-state index in [2.05, 4.69) is 12.2 Å². The maximum atomic E-state index is 5.34. The molecule has 0 saturated heterocycles. The molecule has 1 atom stereocenters. The second-order valence-corrected chi connectivity index (χ2v) is 4.11. The lowest BCUT2D eigenvalue weighted by Crippen LogP contribution is -1.99. The second kappa shape index (κ2) is 3.02. The van der Waals surface area contributed by atoms with Crippen molar-refractivity contribution in [1.82, 2.24) is 0 Å². The highest BCUT2D eigenvalue weighted by atomic mass is 32.7. The summed E-state index contributed by atoms with van der Waals surface area (Å²) in [6.45, 7) is 0.616. The van der Waals surface area contributed by atoms with Crippen LogP contribution in [0, 0.1) is 0 Å². The van der Waals surface area contributed by atoms with Gasteiger partial charge in [-0.25, -0.2) is 0 Å². The minimum absolute atomic E-state index is 0.616. The topological polar surface area (TPSA) is 18.5 Å². The summed E-state index contributed by atoms with van der Waals surface area (Å²) in [5.41, 5.74) is 1.10. The van der Waals surface area contributed by atoms with Crippen molar-refractivity contribution in [3.05, 3.63) is 29.8 Å². The van der Waals surface area contributed by atoms with Crippen LogP contribution in [0.1, 0.15) is 5.56 Å². The molecule has 58 valence electrons. The van der Waals surface area contributed by atoms with Crippen LogP contribution < -0.4 is 4.52 Å². The number of hydrogen-bond acceptors (Lipinski definition) is 3. The van der Waals surface area contributed by atoms with Crippen LogP contribution in [0.2, 0.25) is 0 Å². The fourth-order valence-electron chi connectivity index (χ4n) is 0.947. The smallest absolute Gasteiger partial charge is 0.295 e. The predicted molar refractivity (Wildman–Crippen MR) is 47.8 cm³/mol. The lowest BCUT2D eigenvalue weighted by Gasteiger charge is -2.20. The fourth-order valence-corrected chi connectivity index (χ4v) is 2.03. The summed E-state index contributed by atoms with van der Waals surface area (Å²) >= 11 is 4.11. The van der Waals surface area contributed by atoms with Gasteiger partial charge in [0.1, 0.15) is 5.75 Å². The minimum Gasteiger partial charge on any atom is -0.439 e. The second-order valence-electron chi connectivity index (χ2n) is 2.21. The van der Waals surface area contributed by atoms with Crippen LogP contribution in [0.4, 0.5) is 0 Å². The zero-order chi connectivity index (χ0) is 7.68. The summed E-state index contributed by atoms with van der Waals surface area (Å²) in [4.78, 5) is 0. The van der Waals surface area contributed by atoms with E-state index in [-0.39, 0.29) is 0 Å². The normalized spacial score (nSPS) is 22.1. The van der Waals surface area contributed by atoms with Crippen LogP contribution in [0.25, 0.3) is 0 Å². The van der Waals surface area contributed by atoms with Gasteiger partial charge in [-0.05, 0) is 6.07 Å². The molecule has 1 heterocycles. The maximum Gasteiger partial charge on any atom is 0.295 e. The van der Waals surface area contributed by atoms with E-state index in [9.17, 15) is 0 Å². The van der Waals surface area contributed by atoms with Gasteiger partial charge in [0, 0.05) is 5.56 Å². The van der Waals surface area contributed by atoms with Crippen LogP contribution in [0.5, 0.6) is 5.75 Å². The number of benzene rings is 1. The monoisotopic (exact) mass is 186 g/mol. The van der Waals surface area contributed by atoms with Crippen molar-refractivity contribution in [2.75, 3.05) is 0 Å². The van der Waals surface area contributed by atoms with Gasteiger partial charge in [0.05, 0.1) is 6.61 Å². The molecule has 0 spiro atoms. The van der Waals surface area contributed by atoms with Gasteiger partial charge in [-0.1, -0.05) is 30.4 Å². The van der Waals surface area contributed by atoms with Crippen molar-refractivity contribution >= 4 is 19.8 Å². The summed E-state index contributed by atoms with van der Waals surface area (Å²) in [5, 5.41) is 0. The zero-order valence-electron chi connectivity index (χ0n) is 5.73. The molecule has 0 fully saturated rings. The Morgan fingerprint density at radius 1 is 1.36 bits per heavy atom. The molecule has 1 unspecified atom stereocenters. The molecular formula is C7H7O2PS. The van der Waals surface area contributed by atoms with Crippen LogP contribution in [-0.2, 0) is 11.1 Å². The Morgan fingerprint density at radius 2 is 2.18 bits per heavy atom. The first kappa shape index (κ1) is 7.41. The van der Waals surface area contributed by atoms with Crippen molar-refractivity contribution < 1.29 is 9.05 Å². The van der Waals surface area contributed by atoms with E-state index in [1.165, 1.54) is 0 Å². The van der Waals surface area contributed by atoms with E-state index in [4.69, 9.17) is 9.05 Å². The standard InChI is InChI=1S/C7H7O2PS/c11-10-8-5-6-3-1-2-4-7(6)9-10/h1-4,11H,5H2. The molecule has 1 aliphatic rings. The van der Waals surface area contributed by atoms with Gasteiger partial charge in [0.2, 0.25) is 0 Å². The summed E-state index contributed by atoms with van der Waals surface area (Å²) in [7, 11) is -0.984. The average molecular weight is 186 g/mol. The van der Waals surface area contributed by atoms with Crippen LogP contribution in [0.15, 0.2) is 24.3 Å². The Morgan fingerprint density at radius 3 is 3.09 bits per heavy atom. The quantitative estimate of drug-likeness (QED) is 0.496. The van der Waals surface area contributed by atoms with Gasteiger partial charge in [-0.2, -0.15) is 0 Å². The largest absolute Gasteiger partial charge is 0.439 e. The molecule has 1 aliphatic heterocycles. The Balaban J connectivity index is 2.34. The number of fused-ring (bicyclic) bond motifs is 1. The predicted octanol–water partition coefficient (Wildman–Crippen LogP) is 2.75. The maximum absolute atomic E-state index is 5.34. The van der Waals surface area contributed by atoms with Gasteiger partial charge in [0.15, 0.2) is 0 Å². The van der Waals surface area contributed by atoms with E-state index in [0.717, 1.165) is 11.3 Å². The Bertz CT molecular complexity index is 266. The molecular weight excluding hydrogens is 179 g/mol. The fraction of sp³-hybridized carbons (Fsp3) is 0.143. The van der Waals surface area contributed by atoms with Gasteiger partial charge >= 0.3 is 0 Å². The number of hydrogen-bond donors (Lipinski definition) is 1. The molecule has 0 saturated carbocycles. The Hall–Kier alpha value is -0.240. The average Bonchev–Trinajstić information content (AvgIpc) is 2.04. The molecule has 1 aromatic rings. The lowest BCUT2D eigenvalue weighted by molar-refractivity contribution is 0.289. The summed E-state index contributed by atoms with van der Waals surface area (Å²) in [6.07, 6.45) is 0. The highest BCUT2D eigenvalue weighted by Gasteiger charge is 2.16. The third kappa shape index (κ3) is 1.51. The molecule has 0 amide bonds. The molecule has 0 aliphatic carbocycles. The molecule has 0 radical (unpaired) electrons. The van der Waals surface area contributed by atoms with E-state index in [1.807, 2.05) is 24.3 Å². The van der Waals surface area contributed by atoms with Crippen molar-refractivity contribution in [1.29, 1.82) is 0 Å². The molecule has 2 rings (SSSR count). The van der Waals surface area contributed by atoms with E-state index in [1.54, 1.807) is 0 Å². The Kier molecular flexibility index (Phi) is 2.03. The Labute approximate surface area is 71.6 Å². The van der Waals surface area contributed by atoms with Crippen molar-refractivity contribution in [3.63, 3.8) is 0 Å². The number of para-hydroxylation sites is 1. The van der Waals surface area contributed by atoms with E-state index < -0.39 is 7.58 Å². The molecule has 0 bridgehead atoms. The van der Waals surface area contributed by atoms with Crippen LogP contribution in [-0.4, -0.2) is 0 Å². The molecule has 2 nitrogen and oxygen atoms in total. The van der Waals surface area contributed by atoms with Gasteiger partial charge in [0.25, 0.3) is 7.58 Å². The molecule has 1 aromatic carbocycles. The SMILES string of the molecule is SP1OCc2ccccc2O1. The van der Waals surface area contributed by atoms with Crippen LogP contribution in [0.3, 0.4) is 0 Å². The molecule has 11 heavy (non-hydrogen) atoms. The van der Waals surface area contributed by atoms with Crippen molar-refractivity contribution in [3.8, 4) is 5.75 Å². The first-order valence-corrected chi connectivity index (χ1v) is 5.57. The van der Waals surface area contributed by atoms with Crippen molar-refractivity contribution in [2.45, 2.75) is 6.61 Å². The summed E-state index contributed by atoms with van der Waals surface area (Å²) in [6, 6.07) is 7.84. The summed E-state index contributed by atoms with van der Waals surface area (Å²) in [5.74, 6) is 0.903. The third-order valence-corrected chi connectivity index (χ3v) is 2.77. The zero-order valence-corrected chi connectivity index (χ0v) is 7.52. The van der Waals surface area contributed by atoms with E-state index >= 15 is 0 Å². The first-order valence-electron chi connectivity index (χ1n) is 3.24. The summed E-state index contributed by atoms with van der Waals surface area (Å²) < 4.78 is 10.5. The van der Waals surface area contributed by atoms with Crippen molar-refractivity contribution in [2.24, 2.45) is 0 Å². The van der Waals surface area contributed by atoms with Crippen LogP contribution >= 0.6 is 19.8 Å². The highest BCUT2D eigenvalue weighted by molar-refractivity contribution is 8.42. The molecule has 4 heteroatoms. The number of thiol groups is 1. The molecule has 0 aromatic heterocycles. The lowest BCUT2D eigenvalue weighted by atomic mass is 10.2. The van der Waals surface area contributed by atoms with Gasteiger partial charge in [-0.15, -0.1) is 0 Å². The first-order chi connectivity index (χ1) is 5.36. The minimum atomic E-state index is -0.984.